The molecule has 0 amide bonds. The van der Waals surface area contributed by atoms with Crippen molar-refractivity contribution in [3.8, 4) is 0 Å². The average molecular weight is 296 g/mol. The summed E-state index contributed by atoms with van der Waals surface area (Å²) in [5.41, 5.74) is 0. The van der Waals surface area contributed by atoms with Gasteiger partial charge in [-0.2, -0.15) is 0 Å². The second-order valence-electron chi connectivity index (χ2n) is 7.33. The third kappa shape index (κ3) is 6.66. The normalized spacial score (nSPS) is 30.0. The lowest BCUT2D eigenvalue weighted by atomic mass is 10.0. The third-order valence-corrected chi connectivity index (χ3v) is 5.36. The van der Waals surface area contributed by atoms with E-state index in [-0.39, 0.29) is 0 Å². The average Bonchev–Trinajstić information content (AvgIpc) is 2.74. The third-order valence-electron chi connectivity index (χ3n) is 5.36. The molecule has 0 saturated carbocycles. The lowest BCUT2D eigenvalue weighted by Crippen LogP contribution is -2.40. The maximum atomic E-state index is 3.74. The van der Waals surface area contributed by atoms with E-state index in [1.165, 1.54) is 84.0 Å². The molecule has 2 fully saturated rings. The molecule has 124 valence electrons. The zero-order valence-electron chi connectivity index (χ0n) is 14.4. The van der Waals surface area contributed by atoms with Crippen molar-refractivity contribution in [2.24, 2.45) is 0 Å². The number of hydrogen-bond acceptors (Lipinski definition) is 3. The topological polar surface area (TPSA) is 27.3 Å². The minimum atomic E-state index is 0.652. The standard InChI is InChI=1S/C18H37N3/c1-16(15-18-10-4-3-6-11-20-18)19-12-8-14-21-13-7-5-9-17(21)2/h16-20H,3-15H2,1-2H3. The molecule has 0 bridgehead atoms. The molecule has 2 N–H and O–H groups in total. The molecule has 3 atom stereocenters. The molecule has 0 aromatic heterocycles. The summed E-state index contributed by atoms with van der Waals surface area (Å²) in [6, 6.07) is 2.21. The van der Waals surface area contributed by atoms with Crippen molar-refractivity contribution in [1.82, 2.24) is 15.5 Å². The van der Waals surface area contributed by atoms with Gasteiger partial charge in [-0.3, -0.25) is 0 Å². The minimum absolute atomic E-state index is 0.652. The molecule has 3 unspecified atom stereocenters. The van der Waals surface area contributed by atoms with Gasteiger partial charge in [0.1, 0.15) is 0 Å². The Morgan fingerprint density at radius 1 is 1.14 bits per heavy atom. The number of nitrogens with zero attached hydrogens (tertiary/aromatic N) is 1. The fourth-order valence-corrected chi connectivity index (χ4v) is 3.93. The van der Waals surface area contributed by atoms with E-state index in [9.17, 15) is 0 Å². The summed E-state index contributed by atoms with van der Waals surface area (Å²) in [4.78, 5) is 2.68. The number of rotatable bonds is 7. The van der Waals surface area contributed by atoms with Crippen molar-refractivity contribution >= 4 is 0 Å². The smallest absolute Gasteiger partial charge is 0.00817 e. The number of likely N-dealkylation sites (tertiary alicyclic amines) is 1. The Bertz CT molecular complexity index is 261. The van der Waals surface area contributed by atoms with Crippen LogP contribution in [0, 0.1) is 0 Å². The Balaban J connectivity index is 1.53. The monoisotopic (exact) mass is 295 g/mol. The molecular weight excluding hydrogens is 258 g/mol. The Morgan fingerprint density at radius 3 is 2.86 bits per heavy atom. The zero-order chi connectivity index (χ0) is 14.9. The van der Waals surface area contributed by atoms with Crippen molar-refractivity contribution in [1.29, 1.82) is 0 Å². The van der Waals surface area contributed by atoms with Crippen LogP contribution >= 0.6 is 0 Å². The zero-order valence-corrected chi connectivity index (χ0v) is 14.4. The number of piperidine rings is 1. The first-order valence-corrected chi connectivity index (χ1v) is 9.46. The van der Waals surface area contributed by atoms with E-state index in [2.05, 4.69) is 29.4 Å². The SMILES string of the molecule is CC(CC1CCCCCN1)NCCCN1CCCCC1C. The molecular formula is C18H37N3. The summed E-state index contributed by atoms with van der Waals surface area (Å²) < 4.78 is 0. The van der Waals surface area contributed by atoms with Crippen LogP contribution in [-0.4, -0.2) is 49.2 Å². The van der Waals surface area contributed by atoms with E-state index in [4.69, 9.17) is 0 Å². The highest BCUT2D eigenvalue weighted by Crippen LogP contribution is 2.16. The van der Waals surface area contributed by atoms with Crippen LogP contribution < -0.4 is 10.6 Å². The second kappa shape index (κ2) is 9.81. The minimum Gasteiger partial charge on any atom is -0.314 e. The molecule has 3 heteroatoms. The van der Waals surface area contributed by atoms with E-state index in [0.717, 1.165) is 12.1 Å². The van der Waals surface area contributed by atoms with Crippen molar-refractivity contribution in [2.45, 2.75) is 89.8 Å². The van der Waals surface area contributed by atoms with Gasteiger partial charge < -0.3 is 15.5 Å². The summed E-state index contributed by atoms with van der Waals surface area (Å²) >= 11 is 0. The highest BCUT2D eigenvalue weighted by atomic mass is 15.2. The van der Waals surface area contributed by atoms with Crippen LogP contribution in [0.15, 0.2) is 0 Å². The van der Waals surface area contributed by atoms with Crippen molar-refractivity contribution in [2.75, 3.05) is 26.2 Å². The fourth-order valence-electron chi connectivity index (χ4n) is 3.93. The maximum Gasteiger partial charge on any atom is 0.00817 e. The predicted molar refractivity (Wildman–Crippen MR) is 91.8 cm³/mol. The number of hydrogen-bond donors (Lipinski definition) is 2. The molecule has 0 spiro atoms. The van der Waals surface area contributed by atoms with Gasteiger partial charge >= 0.3 is 0 Å². The van der Waals surface area contributed by atoms with Crippen molar-refractivity contribution in [3.05, 3.63) is 0 Å². The molecule has 3 nitrogen and oxygen atoms in total. The molecule has 0 aromatic rings. The largest absolute Gasteiger partial charge is 0.314 e. The highest BCUT2D eigenvalue weighted by molar-refractivity contribution is 4.77. The molecule has 2 rings (SSSR count). The van der Waals surface area contributed by atoms with Gasteiger partial charge in [0.25, 0.3) is 0 Å². The molecule has 2 aliphatic rings. The summed E-state index contributed by atoms with van der Waals surface area (Å²) in [6.07, 6.45) is 12.4. The van der Waals surface area contributed by atoms with Gasteiger partial charge in [-0.05, 0) is 78.6 Å². The van der Waals surface area contributed by atoms with Gasteiger partial charge in [-0.15, -0.1) is 0 Å². The van der Waals surface area contributed by atoms with Gasteiger partial charge in [0, 0.05) is 18.1 Å². The Labute approximate surface area is 132 Å². The molecule has 2 heterocycles. The predicted octanol–water partition coefficient (Wildman–Crippen LogP) is 3.15. The van der Waals surface area contributed by atoms with Crippen molar-refractivity contribution < 1.29 is 0 Å². The van der Waals surface area contributed by atoms with Gasteiger partial charge in [0.15, 0.2) is 0 Å². The Kier molecular flexibility index (Phi) is 8.05. The van der Waals surface area contributed by atoms with E-state index in [0.29, 0.717) is 6.04 Å². The van der Waals surface area contributed by atoms with Crippen molar-refractivity contribution in [3.63, 3.8) is 0 Å². The maximum absolute atomic E-state index is 3.74. The first-order chi connectivity index (χ1) is 10.3. The van der Waals surface area contributed by atoms with Gasteiger partial charge in [0.05, 0.1) is 0 Å². The molecule has 0 aromatic carbocycles. The van der Waals surface area contributed by atoms with Gasteiger partial charge in [-0.25, -0.2) is 0 Å². The first-order valence-electron chi connectivity index (χ1n) is 9.46. The van der Waals surface area contributed by atoms with Crippen LogP contribution in [-0.2, 0) is 0 Å². The lowest BCUT2D eigenvalue weighted by Gasteiger charge is -2.33. The first kappa shape index (κ1) is 17.2. The molecule has 21 heavy (non-hydrogen) atoms. The van der Waals surface area contributed by atoms with Crippen LogP contribution in [0.5, 0.6) is 0 Å². The van der Waals surface area contributed by atoms with E-state index in [1.54, 1.807) is 0 Å². The van der Waals surface area contributed by atoms with Gasteiger partial charge in [-0.1, -0.05) is 19.3 Å². The van der Waals surface area contributed by atoms with Crippen LogP contribution in [0.25, 0.3) is 0 Å². The van der Waals surface area contributed by atoms with E-state index < -0.39 is 0 Å². The molecule has 2 saturated heterocycles. The quantitative estimate of drug-likeness (QED) is 0.707. The Morgan fingerprint density at radius 2 is 2.00 bits per heavy atom. The number of nitrogens with one attached hydrogen (secondary N) is 2. The molecule has 2 aliphatic heterocycles. The Hall–Kier alpha value is -0.120. The molecule has 0 aliphatic carbocycles. The van der Waals surface area contributed by atoms with Crippen LogP contribution in [0.4, 0.5) is 0 Å². The molecule has 0 radical (unpaired) electrons. The summed E-state index contributed by atoms with van der Waals surface area (Å²) in [7, 11) is 0. The van der Waals surface area contributed by atoms with Gasteiger partial charge in [0.2, 0.25) is 0 Å². The van der Waals surface area contributed by atoms with E-state index in [1.807, 2.05) is 0 Å². The highest BCUT2D eigenvalue weighted by Gasteiger charge is 2.18. The fraction of sp³-hybridized carbons (Fsp3) is 1.00. The summed E-state index contributed by atoms with van der Waals surface area (Å²) in [5, 5.41) is 7.45. The lowest BCUT2D eigenvalue weighted by molar-refractivity contribution is 0.158. The summed E-state index contributed by atoms with van der Waals surface area (Å²) in [5.74, 6) is 0. The van der Waals surface area contributed by atoms with Crippen LogP contribution in [0.3, 0.4) is 0 Å². The van der Waals surface area contributed by atoms with Crippen LogP contribution in [0.2, 0.25) is 0 Å². The van der Waals surface area contributed by atoms with Crippen LogP contribution in [0.1, 0.15) is 71.6 Å². The van der Waals surface area contributed by atoms with E-state index >= 15 is 0 Å². The summed E-state index contributed by atoms with van der Waals surface area (Å²) in [6.45, 7) is 9.76. The second-order valence-corrected chi connectivity index (χ2v) is 7.33.